The highest BCUT2D eigenvalue weighted by Gasteiger charge is 2.40. The zero-order chi connectivity index (χ0) is 47.4. The van der Waals surface area contributed by atoms with Gasteiger partial charge in [-0.15, -0.1) is 22.7 Å². The standard InChI is InChI=1S/C50H52Cl6N4O2S2/c1-47(2,3)29-17-25(18-30(45(29)61)48(4,5)6)41(57-59-43-33(53)21-27(51)22-34(43)54)39-15-13-37(63-39)38-14-16-40(64-38)42(58-60-44-35(55)23-28(52)24-36(44)56)26-19-31(49(7,8)9)46(62)32(20-26)50(10,11)12/h13-26,41-42H,1-12H3. The normalized spacial score (nSPS) is 17.3. The number of benzene rings is 2. The molecule has 2 aliphatic carbocycles. The number of nitrogens with zero attached hydrogens (tertiary/aromatic N) is 4. The summed E-state index contributed by atoms with van der Waals surface area (Å²) < 4.78 is 0. The predicted octanol–water partition coefficient (Wildman–Crippen LogP) is 19.3. The van der Waals surface area contributed by atoms with E-state index in [0.717, 1.165) is 41.8 Å². The Bertz CT molecular complexity index is 2390. The molecule has 2 aliphatic rings. The first kappa shape index (κ1) is 50.5. The van der Waals surface area contributed by atoms with Crippen LogP contribution in [0.2, 0.25) is 30.1 Å². The van der Waals surface area contributed by atoms with E-state index < -0.39 is 33.7 Å². The third kappa shape index (κ3) is 11.3. The lowest BCUT2D eigenvalue weighted by atomic mass is 9.70. The van der Waals surface area contributed by atoms with E-state index in [2.05, 4.69) is 118 Å². The van der Waals surface area contributed by atoms with Crippen LogP contribution in [0, 0.1) is 33.5 Å². The van der Waals surface area contributed by atoms with Crippen LogP contribution >= 0.6 is 92.3 Å². The van der Waals surface area contributed by atoms with Gasteiger partial charge >= 0.3 is 0 Å². The number of azo groups is 2. The maximum absolute atomic E-state index is 14.0. The van der Waals surface area contributed by atoms with Crippen LogP contribution in [0.3, 0.4) is 0 Å². The molecule has 0 spiro atoms. The van der Waals surface area contributed by atoms with Crippen LogP contribution in [0.4, 0.5) is 11.4 Å². The first-order chi connectivity index (χ1) is 29.5. The molecule has 0 radical (unpaired) electrons. The highest BCUT2D eigenvalue weighted by atomic mass is 35.5. The summed E-state index contributed by atoms with van der Waals surface area (Å²) in [6.07, 6.45) is 8.16. The summed E-state index contributed by atoms with van der Waals surface area (Å²) in [6.45, 7) is 24.6. The number of ketones is 2. The number of carbonyl (C=O) groups excluding carboxylic acids is 2. The molecule has 0 fully saturated rings. The molecule has 14 heteroatoms. The molecule has 0 bridgehead atoms. The average Bonchev–Trinajstić information content (AvgIpc) is 3.83. The summed E-state index contributed by atoms with van der Waals surface area (Å²) in [5.41, 5.74) is 1.83. The first-order valence-electron chi connectivity index (χ1n) is 20.8. The lowest BCUT2D eigenvalue weighted by Gasteiger charge is -2.34. The number of allylic oxidation sites excluding steroid dienone is 4. The highest BCUT2D eigenvalue weighted by molar-refractivity contribution is 7.22. The van der Waals surface area contributed by atoms with Gasteiger partial charge in [-0.1, -0.05) is 177 Å². The Kier molecular flexibility index (Phi) is 15.0. The van der Waals surface area contributed by atoms with Gasteiger partial charge in [0.1, 0.15) is 23.5 Å². The van der Waals surface area contributed by atoms with Crippen molar-refractivity contribution < 1.29 is 9.59 Å². The first-order valence-corrected chi connectivity index (χ1v) is 24.7. The summed E-state index contributed by atoms with van der Waals surface area (Å²) in [4.78, 5) is 31.9. The smallest absolute Gasteiger partial charge is 0.185 e. The van der Waals surface area contributed by atoms with Crippen molar-refractivity contribution in [2.24, 2.45) is 54.0 Å². The molecule has 2 heterocycles. The van der Waals surface area contributed by atoms with Gasteiger partial charge in [-0.05, 0) is 70.2 Å². The Morgan fingerprint density at radius 2 is 0.719 bits per heavy atom. The van der Waals surface area contributed by atoms with Gasteiger partial charge in [0.05, 0.1) is 20.1 Å². The Balaban J connectivity index is 1.49. The summed E-state index contributed by atoms with van der Waals surface area (Å²) >= 11 is 42.1. The Hall–Kier alpha value is -2.92. The van der Waals surface area contributed by atoms with Crippen molar-refractivity contribution in [2.75, 3.05) is 0 Å². The maximum atomic E-state index is 14.0. The lowest BCUT2D eigenvalue weighted by Crippen LogP contribution is -2.30. The summed E-state index contributed by atoms with van der Waals surface area (Å²) in [7, 11) is 0. The molecule has 338 valence electrons. The largest absolute Gasteiger partial charge is 0.289 e. The van der Waals surface area contributed by atoms with E-state index in [-0.39, 0.29) is 43.5 Å². The van der Waals surface area contributed by atoms with Crippen molar-refractivity contribution >= 4 is 115 Å². The van der Waals surface area contributed by atoms with Crippen molar-refractivity contribution in [1.29, 1.82) is 0 Å². The zero-order valence-electron chi connectivity index (χ0n) is 37.9. The molecule has 4 aromatic rings. The van der Waals surface area contributed by atoms with Gasteiger partial charge in [0, 0.05) is 63.7 Å². The molecule has 2 aromatic heterocycles. The minimum Gasteiger partial charge on any atom is -0.289 e. The topological polar surface area (TPSA) is 83.6 Å². The molecule has 0 aliphatic heterocycles. The molecular formula is C50H52Cl6N4O2S2. The Labute approximate surface area is 415 Å². The number of rotatable bonds is 9. The van der Waals surface area contributed by atoms with E-state index >= 15 is 0 Å². The fourth-order valence-corrected chi connectivity index (χ4v) is 11.7. The molecule has 64 heavy (non-hydrogen) atoms. The molecular weight excluding hydrogens is 965 g/mol. The summed E-state index contributed by atoms with van der Waals surface area (Å²) in [6, 6.07) is 13.5. The number of Topliss-reactive ketones (excluding diaryl/α,β-unsaturated/α-hetero) is 2. The third-order valence-electron chi connectivity index (χ3n) is 11.0. The minimum atomic E-state index is -0.541. The van der Waals surface area contributed by atoms with Crippen molar-refractivity contribution in [2.45, 2.75) is 95.2 Å². The minimum absolute atomic E-state index is 0.0392. The van der Waals surface area contributed by atoms with Crippen LogP contribution in [0.1, 0.15) is 105 Å². The highest BCUT2D eigenvalue weighted by Crippen LogP contribution is 2.50. The van der Waals surface area contributed by atoms with Crippen molar-refractivity contribution in [3.63, 3.8) is 0 Å². The Morgan fingerprint density at radius 3 is 0.969 bits per heavy atom. The van der Waals surface area contributed by atoms with E-state index in [1.807, 2.05) is 24.3 Å². The molecule has 6 rings (SSSR count). The molecule has 2 atom stereocenters. The second kappa shape index (κ2) is 19.0. The summed E-state index contributed by atoms with van der Waals surface area (Å²) in [5, 5.41) is 21.1. The second-order valence-electron chi connectivity index (χ2n) is 20.3. The fraction of sp³-hybridized carbons (Fsp3) is 0.400. The molecule has 2 aromatic carbocycles. The van der Waals surface area contributed by atoms with Gasteiger partial charge in [0.15, 0.2) is 11.6 Å². The molecule has 6 nitrogen and oxygen atoms in total. The van der Waals surface area contributed by atoms with E-state index in [1.54, 1.807) is 46.9 Å². The number of hydrogen-bond acceptors (Lipinski definition) is 8. The van der Waals surface area contributed by atoms with Gasteiger partial charge in [0.2, 0.25) is 0 Å². The molecule has 2 unspecified atom stereocenters. The van der Waals surface area contributed by atoms with Crippen molar-refractivity contribution in [1.82, 2.24) is 0 Å². The maximum Gasteiger partial charge on any atom is 0.185 e. The van der Waals surface area contributed by atoms with Crippen LogP contribution in [-0.2, 0) is 9.59 Å². The zero-order valence-corrected chi connectivity index (χ0v) is 44.1. The van der Waals surface area contributed by atoms with Crippen LogP contribution in [0.15, 0.2) is 116 Å². The van der Waals surface area contributed by atoms with Crippen LogP contribution in [-0.4, -0.2) is 11.6 Å². The lowest BCUT2D eigenvalue weighted by molar-refractivity contribution is -0.115. The van der Waals surface area contributed by atoms with Crippen LogP contribution in [0.5, 0.6) is 0 Å². The molecule has 0 saturated carbocycles. The van der Waals surface area contributed by atoms with E-state index in [1.165, 1.54) is 0 Å². The van der Waals surface area contributed by atoms with Gasteiger partial charge < -0.3 is 0 Å². The fourth-order valence-electron chi connectivity index (χ4n) is 7.62. The van der Waals surface area contributed by atoms with Gasteiger partial charge in [-0.2, -0.15) is 20.5 Å². The monoisotopic (exact) mass is 1010 g/mol. The molecule has 0 amide bonds. The SMILES string of the molecule is CC(C)(C)C1=CC(C(N=Nc2c(Cl)cc(Cl)cc2Cl)c2ccc(-c3ccc(C(N=Nc4c(Cl)cc(Cl)cc4Cl)C4C=C(C(C)(C)C)C(=O)C(C(C)(C)C)=C4)s3)s2)C=C(C(C)(C)C)C1=O. The number of thiophene rings is 2. The number of hydrogen-bond donors (Lipinski definition) is 0. The van der Waals surface area contributed by atoms with Gasteiger partial charge in [0.25, 0.3) is 0 Å². The Morgan fingerprint density at radius 1 is 0.453 bits per heavy atom. The van der Waals surface area contributed by atoms with Crippen LogP contribution < -0.4 is 0 Å². The van der Waals surface area contributed by atoms with Crippen molar-refractivity contribution in [3.05, 3.63) is 135 Å². The van der Waals surface area contributed by atoms with Crippen LogP contribution in [0.25, 0.3) is 9.75 Å². The predicted molar refractivity (Wildman–Crippen MR) is 272 cm³/mol. The molecule has 0 N–H and O–H groups in total. The van der Waals surface area contributed by atoms with Gasteiger partial charge in [-0.25, -0.2) is 0 Å². The quantitative estimate of drug-likeness (QED) is 0.157. The second-order valence-corrected chi connectivity index (χ2v) is 25.0. The number of halogens is 6. The van der Waals surface area contributed by atoms with Crippen molar-refractivity contribution in [3.8, 4) is 9.75 Å². The number of carbonyl (C=O) groups is 2. The summed E-state index contributed by atoms with van der Waals surface area (Å²) in [5.74, 6) is -0.564. The van der Waals surface area contributed by atoms with E-state index in [9.17, 15) is 9.59 Å². The molecule has 0 saturated heterocycles. The third-order valence-corrected chi connectivity index (χ3v) is 15.1. The van der Waals surface area contributed by atoms with Gasteiger partial charge in [-0.3, -0.25) is 9.59 Å². The average molecular weight is 1020 g/mol. The van der Waals surface area contributed by atoms with E-state index in [0.29, 0.717) is 21.4 Å². The van der Waals surface area contributed by atoms with E-state index in [4.69, 9.17) is 79.8 Å².